The summed E-state index contributed by atoms with van der Waals surface area (Å²) in [7, 11) is 0. The first-order valence-electron chi connectivity index (χ1n) is 12.0. The fourth-order valence-corrected chi connectivity index (χ4v) is 6.70. The van der Waals surface area contributed by atoms with Gasteiger partial charge in [0.05, 0.1) is 18.3 Å². The molecule has 4 heterocycles. The third-order valence-corrected chi connectivity index (χ3v) is 8.30. The van der Waals surface area contributed by atoms with Gasteiger partial charge >= 0.3 is 6.03 Å². The number of urea groups is 1. The lowest BCUT2D eigenvalue weighted by molar-refractivity contribution is 0.194. The third kappa shape index (κ3) is 3.94. The minimum Gasteiger partial charge on any atom is -0.310 e. The van der Waals surface area contributed by atoms with Crippen LogP contribution in [0, 0.1) is 5.82 Å². The zero-order valence-electron chi connectivity index (χ0n) is 19.6. The third-order valence-electron chi connectivity index (χ3n) is 7.04. The first-order chi connectivity index (χ1) is 17.1. The van der Waals surface area contributed by atoms with Crippen LogP contribution in [0.1, 0.15) is 40.2 Å². The second-order valence-electron chi connectivity index (χ2n) is 9.09. The number of hydrogen-bond acceptors (Lipinski definition) is 3. The molecular weight excluding hydrogens is 459 g/mol. The Kier molecular flexibility index (Phi) is 5.66. The van der Waals surface area contributed by atoms with Crippen LogP contribution in [0.5, 0.6) is 0 Å². The van der Waals surface area contributed by atoms with Crippen molar-refractivity contribution in [2.45, 2.75) is 32.5 Å². The Morgan fingerprint density at radius 2 is 1.91 bits per heavy atom. The summed E-state index contributed by atoms with van der Waals surface area (Å²) >= 11 is 1.85. The lowest BCUT2D eigenvalue weighted by Gasteiger charge is -2.32. The average molecular weight is 487 g/mol. The summed E-state index contributed by atoms with van der Waals surface area (Å²) in [5, 5.41) is 4.16. The molecule has 35 heavy (non-hydrogen) atoms. The number of hydrogen-bond donors (Lipinski definition) is 1. The van der Waals surface area contributed by atoms with E-state index in [4.69, 9.17) is 0 Å². The average Bonchev–Trinajstić information content (AvgIpc) is 3.45. The monoisotopic (exact) mass is 486 g/mol. The summed E-state index contributed by atoms with van der Waals surface area (Å²) in [6.45, 7) is 5.72. The summed E-state index contributed by atoms with van der Waals surface area (Å²) in [5.41, 5.74) is 5.16. The van der Waals surface area contributed by atoms with Crippen LogP contribution in [0.2, 0.25) is 0 Å². The molecule has 2 amide bonds. The van der Waals surface area contributed by atoms with E-state index >= 15 is 0 Å². The number of benzene rings is 2. The van der Waals surface area contributed by atoms with Crippen LogP contribution in [0.15, 0.2) is 72.9 Å². The van der Waals surface area contributed by atoms with E-state index < -0.39 is 0 Å². The molecule has 0 bridgehead atoms. The second kappa shape index (κ2) is 8.98. The number of halogens is 1. The molecule has 1 atom stereocenters. The molecule has 178 valence electrons. The number of aromatic nitrogens is 1. The van der Waals surface area contributed by atoms with Crippen molar-refractivity contribution in [1.29, 1.82) is 0 Å². The Hall–Kier alpha value is -3.42. The Morgan fingerprint density at radius 3 is 2.71 bits per heavy atom. The molecular formula is C28H27FN4OS. The van der Waals surface area contributed by atoms with Gasteiger partial charge in [0, 0.05) is 35.4 Å². The number of amides is 2. The van der Waals surface area contributed by atoms with Gasteiger partial charge in [-0.1, -0.05) is 43.3 Å². The fraction of sp³-hybridized carbons (Fsp3) is 0.250. The van der Waals surface area contributed by atoms with Crippen molar-refractivity contribution in [3.8, 4) is 5.00 Å². The van der Waals surface area contributed by atoms with Crippen LogP contribution in [0.4, 0.5) is 14.9 Å². The van der Waals surface area contributed by atoms with Crippen LogP contribution >= 0.6 is 11.3 Å². The van der Waals surface area contributed by atoms with E-state index in [1.165, 1.54) is 33.1 Å². The quantitative estimate of drug-likeness (QED) is 0.375. The first kappa shape index (κ1) is 22.1. The summed E-state index contributed by atoms with van der Waals surface area (Å²) in [5.74, 6) is -0.373. The molecule has 0 radical (unpaired) electrons. The number of nitrogens with zero attached hydrogens (tertiary/aromatic N) is 3. The normalized spacial score (nSPS) is 17.3. The Morgan fingerprint density at radius 1 is 1.06 bits per heavy atom. The first-order valence-corrected chi connectivity index (χ1v) is 12.9. The molecule has 6 rings (SSSR count). The van der Waals surface area contributed by atoms with E-state index in [-0.39, 0.29) is 17.9 Å². The zero-order valence-corrected chi connectivity index (χ0v) is 20.4. The van der Waals surface area contributed by atoms with E-state index in [0.717, 1.165) is 37.3 Å². The molecule has 1 N–H and O–H groups in total. The molecule has 7 heteroatoms. The van der Waals surface area contributed by atoms with Crippen molar-refractivity contribution in [1.82, 2.24) is 14.4 Å². The van der Waals surface area contributed by atoms with Crippen LogP contribution in [0.25, 0.3) is 5.00 Å². The molecule has 0 fully saturated rings. The van der Waals surface area contributed by atoms with Crippen LogP contribution in [-0.2, 0) is 19.5 Å². The van der Waals surface area contributed by atoms with Gasteiger partial charge in [0.1, 0.15) is 10.8 Å². The van der Waals surface area contributed by atoms with Crippen molar-refractivity contribution in [3.05, 3.63) is 106 Å². The van der Waals surface area contributed by atoms with E-state index in [0.29, 0.717) is 12.2 Å². The van der Waals surface area contributed by atoms with Gasteiger partial charge in [0.25, 0.3) is 0 Å². The summed E-state index contributed by atoms with van der Waals surface area (Å²) in [6, 6.07) is 19.8. The Balaban J connectivity index is 1.48. The van der Waals surface area contributed by atoms with Crippen molar-refractivity contribution in [2.24, 2.45) is 0 Å². The molecule has 4 aromatic rings. The number of anilines is 1. The standard InChI is InChI=1S/C28H27FN4OS/c1-2-31-15-13-22-23-17-33(28(34)30-21-11-6-10-20(29)16-21)26(19-8-4-3-5-9-19)24-12-7-14-32(24)27(23)35-25(22)18-31/h3-12,14,16,26H,2,13,15,17-18H2,1H3,(H,30,34)/t26-/m0/s1. The molecule has 0 spiro atoms. The van der Waals surface area contributed by atoms with Crippen LogP contribution in [0.3, 0.4) is 0 Å². The molecule has 0 unspecified atom stereocenters. The van der Waals surface area contributed by atoms with Crippen molar-refractivity contribution in [2.75, 3.05) is 18.4 Å². The van der Waals surface area contributed by atoms with Gasteiger partial charge in [-0.15, -0.1) is 11.3 Å². The number of fused-ring (bicyclic) bond motifs is 5. The van der Waals surface area contributed by atoms with Crippen molar-refractivity contribution in [3.63, 3.8) is 0 Å². The topological polar surface area (TPSA) is 40.5 Å². The minimum atomic E-state index is -0.373. The number of rotatable bonds is 3. The highest BCUT2D eigenvalue weighted by Gasteiger charge is 2.36. The van der Waals surface area contributed by atoms with Gasteiger partial charge < -0.3 is 14.8 Å². The lowest BCUT2D eigenvalue weighted by atomic mass is 10.0. The maximum Gasteiger partial charge on any atom is 0.322 e. The van der Waals surface area contributed by atoms with Gasteiger partial charge in [0.2, 0.25) is 0 Å². The predicted octanol–water partition coefficient (Wildman–Crippen LogP) is 6.19. The van der Waals surface area contributed by atoms with E-state index in [9.17, 15) is 9.18 Å². The highest BCUT2D eigenvalue weighted by molar-refractivity contribution is 7.15. The van der Waals surface area contributed by atoms with Crippen LogP contribution < -0.4 is 5.32 Å². The van der Waals surface area contributed by atoms with E-state index in [1.54, 1.807) is 12.1 Å². The molecule has 0 saturated carbocycles. The van der Waals surface area contributed by atoms with Gasteiger partial charge in [-0.3, -0.25) is 4.90 Å². The number of likely N-dealkylation sites (N-methyl/N-ethyl adjacent to an activating group) is 1. The van der Waals surface area contributed by atoms with Gasteiger partial charge in [0.15, 0.2) is 0 Å². The smallest absolute Gasteiger partial charge is 0.310 e. The zero-order chi connectivity index (χ0) is 23.9. The molecule has 0 saturated heterocycles. The molecule has 2 aliphatic heterocycles. The number of carbonyl (C=O) groups is 1. The van der Waals surface area contributed by atoms with Gasteiger partial charge in [-0.2, -0.15) is 0 Å². The second-order valence-corrected chi connectivity index (χ2v) is 10.2. The lowest BCUT2D eigenvalue weighted by Crippen LogP contribution is -2.38. The fourth-order valence-electron chi connectivity index (χ4n) is 5.29. The Bertz CT molecular complexity index is 1380. The van der Waals surface area contributed by atoms with Gasteiger partial charge in [-0.25, -0.2) is 9.18 Å². The highest BCUT2D eigenvalue weighted by Crippen LogP contribution is 2.43. The number of nitrogens with one attached hydrogen (secondary N) is 1. The predicted molar refractivity (Wildman–Crippen MR) is 138 cm³/mol. The molecule has 2 aromatic carbocycles. The van der Waals surface area contributed by atoms with E-state index in [1.807, 2.05) is 34.4 Å². The maximum atomic E-state index is 13.9. The molecule has 5 nitrogen and oxygen atoms in total. The van der Waals surface area contributed by atoms with Crippen molar-refractivity contribution >= 4 is 23.1 Å². The van der Waals surface area contributed by atoms with Crippen molar-refractivity contribution < 1.29 is 9.18 Å². The minimum absolute atomic E-state index is 0.240. The molecule has 2 aromatic heterocycles. The Labute approximate surface area is 208 Å². The van der Waals surface area contributed by atoms with Gasteiger partial charge in [-0.05, 0) is 54.4 Å². The molecule has 0 aliphatic carbocycles. The van der Waals surface area contributed by atoms with Crippen LogP contribution in [-0.4, -0.2) is 33.5 Å². The summed E-state index contributed by atoms with van der Waals surface area (Å²) in [6.07, 6.45) is 3.10. The SMILES string of the molecule is CCN1CCc2c(sc3c2CN(C(=O)Nc2cccc(F)c2)[C@@H](c2ccccc2)c2cccn2-3)C1. The summed E-state index contributed by atoms with van der Waals surface area (Å²) < 4.78 is 16.1. The maximum absolute atomic E-state index is 13.9. The van der Waals surface area contributed by atoms with E-state index in [2.05, 4.69) is 52.2 Å². The number of carbonyl (C=O) groups excluding carboxylic acids is 1. The number of thiophene rings is 1. The largest absolute Gasteiger partial charge is 0.322 e. The molecule has 2 aliphatic rings. The summed E-state index contributed by atoms with van der Waals surface area (Å²) in [4.78, 5) is 19.6. The highest BCUT2D eigenvalue weighted by atomic mass is 32.1.